The van der Waals surface area contributed by atoms with E-state index >= 15 is 0 Å². The minimum atomic E-state index is -3.91. The summed E-state index contributed by atoms with van der Waals surface area (Å²) in [6.07, 6.45) is 0. The Bertz CT molecular complexity index is 1040. The van der Waals surface area contributed by atoms with Gasteiger partial charge < -0.3 is 10.1 Å². The molecule has 2 aromatic carbocycles. The number of anilines is 1. The summed E-state index contributed by atoms with van der Waals surface area (Å²) in [5.74, 6) is -0.0323. The minimum Gasteiger partial charge on any atom is -0.496 e. The second kappa shape index (κ2) is 9.01. The van der Waals surface area contributed by atoms with Gasteiger partial charge in [0.15, 0.2) is 0 Å². The molecule has 29 heavy (non-hydrogen) atoms. The first-order valence-corrected chi connectivity index (χ1v) is 10.2. The molecule has 2 aromatic rings. The van der Waals surface area contributed by atoms with Gasteiger partial charge in [0.05, 0.1) is 34.7 Å². The molecule has 0 aliphatic heterocycles. The summed E-state index contributed by atoms with van der Waals surface area (Å²) in [5.41, 5.74) is 1.08. The lowest BCUT2D eigenvalue weighted by Crippen LogP contribution is -2.38. The Kier molecular flexibility index (Phi) is 6.93. The highest BCUT2D eigenvalue weighted by Gasteiger charge is 2.26. The number of carbonyl (C=O) groups is 1. The SMILES string of the molecule is CCN(CC(=O)Nc1cccc([N+](=O)[O-])c1C)S(=O)(=O)c1ccc(OC)c(C)c1. The molecule has 0 saturated heterocycles. The van der Waals surface area contributed by atoms with E-state index in [1.807, 2.05) is 0 Å². The smallest absolute Gasteiger partial charge is 0.274 e. The molecular formula is C19H23N3O6S. The number of nitrogens with zero attached hydrogens (tertiary/aromatic N) is 2. The Hall–Kier alpha value is -2.98. The highest BCUT2D eigenvalue weighted by atomic mass is 32.2. The number of likely N-dealkylation sites (N-methyl/N-ethyl adjacent to an activating group) is 1. The number of hydrogen-bond donors (Lipinski definition) is 1. The molecule has 0 heterocycles. The first-order valence-electron chi connectivity index (χ1n) is 8.80. The normalized spacial score (nSPS) is 11.3. The standard InChI is InChI=1S/C19H23N3O6S/c1-5-21(29(26,27)15-9-10-18(28-4)13(2)11-15)12-19(23)20-16-7-6-8-17(14(16)3)22(24)25/h6-11H,5,12H2,1-4H3,(H,20,23). The zero-order chi connectivity index (χ0) is 21.8. The van der Waals surface area contributed by atoms with Crippen LogP contribution >= 0.6 is 0 Å². The number of ether oxygens (including phenoxy) is 1. The van der Waals surface area contributed by atoms with Crippen LogP contribution in [0.15, 0.2) is 41.3 Å². The van der Waals surface area contributed by atoms with Gasteiger partial charge in [0.25, 0.3) is 5.69 Å². The third-order valence-corrected chi connectivity index (χ3v) is 6.37. The number of methoxy groups -OCH3 is 1. The van der Waals surface area contributed by atoms with Gasteiger partial charge >= 0.3 is 0 Å². The van der Waals surface area contributed by atoms with Gasteiger partial charge in [-0.25, -0.2) is 8.42 Å². The lowest BCUT2D eigenvalue weighted by Gasteiger charge is -2.21. The number of hydrogen-bond acceptors (Lipinski definition) is 6. The summed E-state index contributed by atoms with van der Waals surface area (Å²) >= 11 is 0. The Balaban J connectivity index is 2.23. The summed E-state index contributed by atoms with van der Waals surface area (Å²) in [4.78, 5) is 23.0. The summed E-state index contributed by atoms with van der Waals surface area (Å²) < 4.78 is 32.0. The Morgan fingerprint density at radius 3 is 2.48 bits per heavy atom. The molecule has 0 aliphatic rings. The largest absolute Gasteiger partial charge is 0.496 e. The molecule has 0 fully saturated rings. The summed E-state index contributed by atoms with van der Waals surface area (Å²) in [6, 6.07) is 8.78. The van der Waals surface area contributed by atoms with Crippen molar-refractivity contribution in [2.24, 2.45) is 0 Å². The Labute approximate surface area is 169 Å². The summed E-state index contributed by atoms with van der Waals surface area (Å²) in [5, 5.41) is 13.6. The van der Waals surface area contributed by atoms with E-state index < -0.39 is 27.4 Å². The third-order valence-electron chi connectivity index (χ3n) is 4.45. The Morgan fingerprint density at radius 2 is 1.93 bits per heavy atom. The third kappa shape index (κ3) is 4.90. The van der Waals surface area contributed by atoms with Crippen LogP contribution in [0.1, 0.15) is 18.1 Å². The predicted octanol–water partition coefficient (Wildman–Crippen LogP) is 2.87. The molecule has 0 saturated carbocycles. The van der Waals surface area contributed by atoms with Crippen LogP contribution in [0.25, 0.3) is 0 Å². The number of nitrogens with one attached hydrogen (secondary N) is 1. The fourth-order valence-corrected chi connectivity index (χ4v) is 4.32. The van der Waals surface area contributed by atoms with Crippen molar-refractivity contribution in [3.05, 3.63) is 57.6 Å². The maximum absolute atomic E-state index is 12.9. The molecular weight excluding hydrogens is 398 g/mol. The highest BCUT2D eigenvalue weighted by molar-refractivity contribution is 7.89. The summed E-state index contributed by atoms with van der Waals surface area (Å²) in [7, 11) is -2.41. The second-order valence-corrected chi connectivity index (χ2v) is 8.26. The quantitative estimate of drug-likeness (QED) is 0.517. The molecule has 1 N–H and O–H groups in total. The van der Waals surface area contributed by atoms with Gasteiger partial charge in [0, 0.05) is 12.6 Å². The molecule has 2 rings (SSSR count). The zero-order valence-corrected chi connectivity index (χ0v) is 17.4. The van der Waals surface area contributed by atoms with Crippen molar-refractivity contribution in [2.75, 3.05) is 25.5 Å². The van der Waals surface area contributed by atoms with Crippen LogP contribution in [0.3, 0.4) is 0 Å². The average molecular weight is 421 g/mol. The molecule has 0 unspecified atom stereocenters. The van der Waals surface area contributed by atoms with Crippen LogP contribution in [-0.2, 0) is 14.8 Å². The molecule has 0 radical (unpaired) electrons. The van der Waals surface area contributed by atoms with Gasteiger partial charge in [-0.05, 0) is 43.7 Å². The van der Waals surface area contributed by atoms with E-state index in [9.17, 15) is 23.3 Å². The van der Waals surface area contributed by atoms with E-state index in [0.29, 0.717) is 16.9 Å². The van der Waals surface area contributed by atoms with Crippen LogP contribution in [-0.4, -0.2) is 43.8 Å². The van der Waals surface area contributed by atoms with Crippen molar-refractivity contribution >= 4 is 27.3 Å². The van der Waals surface area contributed by atoms with Gasteiger partial charge in [-0.15, -0.1) is 0 Å². The van der Waals surface area contributed by atoms with Crippen LogP contribution in [0.5, 0.6) is 5.75 Å². The van der Waals surface area contributed by atoms with E-state index in [0.717, 1.165) is 4.31 Å². The van der Waals surface area contributed by atoms with Crippen molar-refractivity contribution < 1.29 is 22.9 Å². The maximum atomic E-state index is 12.9. The van der Waals surface area contributed by atoms with E-state index in [2.05, 4.69) is 5.32 Å². The van der Waals surface area contributed by atoms with E-state index in [4.69, 9.17) is 4.74 Å². The molecule has 156 valence electrons. The predicted molar refractivity (Wildman–Crippen MR) is 109 cm³/mol. The average Bonchev–Trinajstić information content (AvgIpc) is 2.67. The van der Waals surface area contributed by atoms with Crippen molar-refractivity contribution in [3.8, 4) is 5.75 Å². The van der Waals surface area contributed by atoms with Crippen molar-refractivity contribution in [3.63, 3.8) is 0 Å². The molecule has 0 aromatic heterocycles. The molecule has 0 spiro atoms. The van der Waals surface area contributed by atoms with E-state index in [1.54, 1.807) is 19.9 Å². The monoisotopic (exact) mass is 421 g/mol. The number of sulfonamides is 1. The number of amides is 1. The number of aryl methyl sites for hydroxylation is 1. The fraction of sp³-hybridized carbons (Fsp3) is 0.316. The number of rotatable bonds is 8. The highest BCUT2D eigenvalue weighted by Crippen LogP contribution is 2.26. The van der Waals surface area contributed by atoms with Crippen LogP contribution in [0, 0.1) is 24.0 Å². The lowest BCUT2D eigenvalue weighted by molar-refractivity contribution is -0.385. The molecule has 0 atom stereocenters. The van der Waals surface area contributed by atoms with Crippen molar-refractivity contribution in [1.82, 2.24) is 4.31 Å². The Morgan fingerprint density at radius 1 is 1.24 bits per heavy atom. The fourth-order valence-electron chi connectivity index (χ4n) is 2.83. The first-order chi connectivity index (χ1) is 13.6. The molecule has 10 heteroatoms. The van der Waals surface area contributed by atoms with Crippen LogP contribution in [0.2, 0.25) is 0 Å². The minimum absolute atomic E-state index is 0.0528. The number of nitro groups is 1. The van der Waals surface area contributed by atoms with Gasteiger partial charge in [-0.2, -0.15) is 4.31 Å². The molecule has 0 bridgehead atoms. The summed E-state index contributed by atoms with van der Waals surface area (Å²) in [6.45, 7) is 4.52. The second-order valence-electron chi connectivity index (χ2n) is 6.32. The topological polar surface area (TPSA) is 119 Å². The number of carbonyl (C=O) groups excluding carboxylic acids is 1. The zero-order valence-electron chi connectivity index (χ0n) is 16.6. The van der Waals surface area contributed by atoms with Crippen molar-refractivity contribution in [1.29, 1.82) is 0 Å². The molecule has 0 aliphatic carbocycles. The number of benzene rings is 2. The van der Waals surface area contributed by atoms with E-state index in [-0.39, 0.29) is 22.8 Å². The number of nitro benzene ring substituents is 1. The van der Waals surface area contributed by atoms with Crippen molar-refractivity contribution in [2.45, 2.75) is 25.7 Å². The molecule has 1 amide bonds. The van der Waals surface area contributed by atoms with E-state index in [1.165, 1.54) is 44.4 Å². The van der Waals surface area contributed by atoms with Gasteiger partial charge in [0.1, 0.15) is 5.75 Å². The van der Waals surface area contributed by atoms with Crippen LogP contribution in [0.4, 0.5) is 11.4 Å². The van der Waals surface area contributed by atoms with Gasteiger partial charge in [0.2, 0.25) is 15.9 Å². The lowest BCUT2D eigenvalue weighted by atomic mass is 10.1. The van der Waals surface area contributed by atoms with Gasteiger partial charge in [-0.3, -0.25) is 14.9 Å². The first kappa shape index (κ1) is 22.3. The van der Waals surface area contributed by atoms with Crippen LogP contribution < -0.4 is 10.1 Å². The maximum Gasteiger partial charge on any atom is 0.274 e. The molecule has 9 nitrogen and oxygen atoms in total. The van der Waals surface area contributed by atoms with Gasteiger partial charge in [-0.1, -0.05) is 13.0 Å².